The fraction of sp³-hybridized carbons (Fsp3) is 0.444. The van der Waals surface area contributed by atoms with Gasteiger partial charge in [-0.05, 0) is 68.2 Å². The fourth-order valence-corrected chi connectivity index (χ4v) is 6.19. The van der Waals surface area contributed by atoms with E-state index >= 15 is 0 Å². The lowest BCUT2D eigenvalue weighted by Crippen LogP contribution is -2.48. The monoisotopic (exact) mass is 474 g/mol. The number of carbonyl (C=O) groups is 1. The van der Waals surface area contributed by atoms with Crippen LogP contribution in [0.15, 0.2) is 24.3 Å². The Balaban J connectivity index is 1.44. The second-order valence-corrected chi connectivity index (χ2v) is 9.94. The highest BCUT2D eigenvalue weighted by molar-refractivity contribution is 7.19. The molecule has 34 heavy (non-hydrogen) atoms. The van der Waals surface area contributed by atoms with Crippen molar-refractivity contribution in [3.8, 4) is 17.6 Å². The van der Waals surface area contributed by atoms with Crippen molar-refractivity contribution in [3.05, 3.63) is 46.1 Å². The van der Waals surface area contributed by atoms with Crippen molar-refractivity contribution < 1.29 is 9.53 Å². The smallest absolute Gasteiger partial charge is 0.298 e. The number of amides is 1. The molecule has 5 rings (SSSR count). The van der Waals surface area contributed by atoms with Crippen molar-refractivity contribution in [1.82, 2.24) is 14.9 Å². The van der Waals surface area contributed by atoms with Crippen LogP contribution in [-0.2, 0) is 30.5 Å². The summed E-state index contributed by atoms with van der Waals surface area (Å²) >= 11 is 1.85. The van der Waals surface area contributed by atoms with E-state index in [1.807, 2.05) is 28.4 Å². The molecular weight excluding hydrogens is 444 g/mol. The van der Waals surface area contributed by atoms with Crippen molar-refractivity contribution in [1.29, 1.82) is 0 Å². The number of hydrogen-bond donors (Lipinski definition) is 0. The van der Waals surface area contributed by atoms with E-state index in [-0.39, 0.29) is 5.91 Å². The number of nitrogens with zero attached hydrogens (tertiary/aromatic N) is 4. The fourth-order valence-electron chi connectivity index (χ4n) is 4.91. The summed E-state index contributed by atoms with van der Waals surface area (Å²) in [6.45, 7) is 4.58. The molecule has 1 aromatic carbocycles. The molecule has 176 valence electrons. The third-order valence-corrected chi connectivity index (χ3v) is 7.90. The molecular formula is C27H30N4O2S. The number of anilines is 1. The minimum Gasteiger partial charge on any atom is -0.497 e. The van der Waals surface area contributed by atoms with Gasteiger partial charge in [-0.1, -0.05) is 18.1 Å². The Bertz CT molecular complexity index is 1260. The highest BCUT2D eigenvalue weighted by Gasteiger charge is 2.27. The number of aryl methyl sites for hydroxylation is 4. The van der Waals surface area contributed by atoms with Crippen molar-refractivity contribution in [2.24, 2.45) is 0 Å². The second-order valence-electron chi connectivity index (χ2n) is 8.86. The standard InChI is InChI=1S/C27H30N4O2S/c1-3-7-24(32)30-14-16-31(17-15-30)26-25-21-10-4-5-11-22(21)34-27(25)29-23(28-26)13-12-19-8-6-9-20(18-19)33-2/h6,8-9,18H,4-5,10-17H2,1-2H3. The zero-order valence-electron chi connectivity index (χ0n) is 19.9. The molecule has 2 aromatic heterocycles. The molecule has 1 saturated heterocycles. The molecule has 6 nitrogen and oxygen atoms in total. The van der Waals surface area contributed by atoms with E-state index in [1.54, 1.807) is 14.0 Å². The number of benzene rings is 1. The molecule has 1 aliphatic carbocycles. The topological polar surface area (TPSA) is 58.6 Å². The van der Waals surface area contributed by atoms with Crippen LogP contribution in [0.25, 0.3) is 10.2 Å². The molecule has 7 heteroatoms. The Morgan fingerprint density at radius 3 is 2.74 bits per heavy atom. The number of thiophene rings is 1. The molecule has 0 saturated carbocycles. The lowest BCUT2D eigenvalue weighted by molar-refractivity contribution is -0.125. The predicted molar refractivity (Wildman–Crippen MR) is 137 cm³/mol. The lowest BCUT2D eigenvalue weighted by Gasteiger charge is -2.35. The summed E-state index contributed by atoms with van der Waals surface area (Å²) in [4.78, 5) is 29.2. The first-order valence-electron chi connectivity index (χ1n) is 12.1. The first kappa shape index (κ1) is 22.7. The summed E-state index contributed by atoms with van der Waals surface area (Å²) in [6.07, 6.45) is 6.39. The third kappa shape index (κ3) is 4.60. The molecule has 0 atom stereocenters. The van der Waals surface area contributed by atoms with Crippen LogP contribution in [0, 0.1) is 11.8 Å². The summed E-state index contributed by atoms with van der Waals surface area (Å²) in [7, 11) is 1.70. The minimum absolute atomic E-state index is 0.0816. The van der Waals surface area contributed by atoms with E-state index in [0.717, 1.165) is 61.0 Å². The molecule has 3 aromatic rings. The number of hydrogen-bond acceptors (Lipinski definition) is 6. The number of methoxy groups -OCH3 is 1. The van der Waals surface area contributed by atoms with Crippen molar-refractivity contribution in [2.45, 2.75) is 45.4 Å². The van der Waals surface area contributed by atoms with Gasteiger partial charge in [0, 0.05) is 37.5 Å². The number of fused-ring (bicyclic) bond motifs is 3. The second kappa shape index (κ2) is 10.0. The van der Waals surface area contributed by atoms with Gasteiger partial charge in [-0.3, -0.25) is 4.79 Å². The zero-order valence-corrected chi connectivity index (χ0v) is 20.7. The Morgan fingerprint density at radius 1 is 1.12 bits per heavy atom. The Labute approximate surface area is 205 Å². The van der Waals surface area contributed by atoms with E-state index < -0.39 is 0 Å². The first-order chi connectivity index (χ1) is 16.7. The van der Waals surface area contributed by atoms with Gasteiger partial charge < -0.3 is 14.5 Å². The third-order valence-electron chi connectivity index (χ3n) is 6.71. The van der Waals surface area contributed by atoms with Crippen LogP contribution in [0.5, 0.6) is 5.75 Å². The molecule has 3 heterocycles. The maximum Gasteiger partial charge on any atom is 0.298 e. The van der Waals surface area contributed by atoms with Crippen LogP contribution in [0.3, 0.4) is 0 Å². The predicted octanol–water partition coefficient (Wildman–Crippen LogP) is 4.04. The van der Waals surface area contributed by atoms with Crippen LogP contribution >= 0.6 is 11.3 Å². The van der Waals surface area contributed by atoms with Gasteiger partial charge in [-0.25, -0.2) is 9.97 Å². The van der Waals surface area contributed by atoms with Crippen LogP contribution in [0.2, 0.25) is 0 Å². The maximum absolute atomic E-state index is 12.2. The van der Waals surface area contributed by atoms with Crippen LogP contribution in [-0.4, -0.2) is 54.1 Å². The summed E-state index contributed by atoms with van der Waals surface area (Å²) in [5.41, 5.74) is 2.68. The van der Waals surface area contributed by atoms with Crippen molar-refractivity contribution in [3.63, 3.8) is 0 Å². The van der Waals surface area contributed by atoms with E-state index in [1.165, 1.54) is 34.2 Å². The van der Waals surface area contributed by atoms with Crippen molar-refractivity contribution in [2.75, 3.05) is 38.2 Å². The van der Waals surface area contributed by atoms with E-state index in [0.29, 0.717) is 13.1 Å². The van der Waals surface area contributed by atoms with Gasteiger partial charge in [0.1, 0.15) is 22.2 Å². The largest absolute Gasteiger partial charge is 0.497 e. The van der Waals surface area contributed by atoms with Gasteiger partial charge in [0.05, 0.1) is 12.5 Å². The van der Waals surface area contributed by atoms with Gasteiger partial charge in [0.25, 0.3) is 5.91 Å². The number of rotatable bonds is 5. The van der Waals surface area contributed by atoms with E-state index in [4.69, 9.17) is 14.7 Å². The summed E-state index contributed by atoms with van der Waals surface area (Å²) in [5, 5.41) is 1.25. The quantitative estimate of drug-likeness (QED) is 0.523. The van der Waals surface area contributed by atoms with Crippen LogP contribution in [0.4, 0.5) is 5.82 Å². The number of ether oxygens (including phenoxy) is 1. The van der Waals surface area contributed by atoms with Crippen molar-refractivity contribution >= 4 is 33.3 Å². The average molecular weight is 475 g/mol. The molecule has 1 fully saturated rings. The molecule has 0 N–H and O–H groups in total. The molecule has 0 bridgehead atoms. The maximum atomic E-state index is 12.2. The van der Waals surface area contributed by atoms with Gasteiger partial charge in [-0.2, -0.15) is 0 Å². The van der Waals surface area contributed by atoms with Crippen LogP contribution < -0.4 is 9.64 Å². The molecule has 2 aliphatic rings. The Morgan fingerprint density at radius 2 is 1.94 bits per heavy atom. The highest BCUT2D eigenvalue weighted by atomic mass is 32.1. The van der Waals surface area contributed by atoms with Crippen LogP contribution in [0.1, 0.15) is 41.6 Å². The van der Waals surface area contributed by atoms with E-state index in [9.17, 15) is 4.79 Å². The Kier molecular flexibility index (Phi) is 6.68. The van der Waals surface area contributed by atoms with Gasteiger partial charge in [0.2, 0.25) is 0 Å². The molecule has 1 aliphatic heterocycles. The minimum atomic E-state index is -0.0816. The molecule has 0 spiro atoms. The van der Waals surface area contributed by atoms with Gasteiger partial charge in [-0.15, -0.1) is 11.3 Å². The molecule has 1 amide bonds. The molecule has 0 radical (unpaired) electrons. The highest BCUT2D eigenvalue weighted by Crippen LogP contribution is 2.40. The molecule has 0 unspecified atom stereocenters. The lowest BCUT2D eigenvalue weighted by atomic mass is 9.96. The number of aromatic nitrogens is 2. The first-order valence-corrected chi connectivity index (χ1v) is 12.9. The summed E-state index contributed by atoms with van der Waals surface area (Å²) in [6, 6.07) is 8.21. The normalized spacial score (nSPS) is 15.6. The van der Waals surface area contributed by atoms with Gasteiger partial charge >= 0.3 is 0 Å². The zero-order chi connectivity index (χ0) is 23.5. The summed E-state index contributed by atoms with van der Waals surface area (Å²) in [5.74, 6) is 8.13. The SMILES string of the molecule is CC#CC(=O)N1CCN(c2nc(CCc3cccc(OC)c3)nc3sc4c(c23)CCCC4)CC1. The number of piperazine rings is 1. The summed E-state index contributed by atoms with van der Waals surface area (Å²) < 4.78 is 5.38. The average Bonchev–Trinajstić information content (AvgIpc) is 3.26. The van der Waals surface area contributed by atoms with E-state index in [2.05, 4.69) is 28.9 Å². The van der Waals surface area contributed by atoms with Gasteiger partial charge in [0.15, 0.2) is 0 Å². The Hall–Kier alpha value is -3.11. The number of carbonyl (C=O) groups excluding carboxylic acids is 1.